The van der Waals surface area contributed by atoms with Gasteiger partial charge in [-0.2, -0.15) is 9.11 Å². The molecule has 1 amide bonds. The Bertz CT molecular complexity index is 1160. The van der Waals surface area contributed by atoms with E-state index in [1.54, 1.807) is 0 Å². The van der Waals surface area contributed by atoms with Gasteiger partial charge in [0, 0.05) is 11.8 Å². The van der Waals surface area contributed by atoms with Crippen molar-refractivity contribution in [1.29, 1.82) is 0 Å². The lowest BCUT2D eigenvalue weighted by Gasteiger charge is -2.14. The van der Waals surface area contributed by atoms with Gasteiger partial charge in [-0.3, -0.25) is 14.9 Å². The molecule has 1 atom stereocenters. The topological polar surface area (TPSA) is 145 Å². The van der Waals surface area contributed by atoms with Gasteiger partial charge in [0.1, 0.15) is 0 Å². The van der Waals surface area contributed by atoms with Crippen LogP contribution >= 0.6 is 0 Å². The maximum Gasteiger partial charge on any atom is 0.338 e. The number of nitrogens with one attached hydrogen (secondary N) is 2. The minimum absolute atomic E-state index is 0.0204. The standard InChI is InChI=1S/C19H16FN3O7S/c1-3-10-21-31(28,29)15-7-4-13(5-8-15)19(25)30-12(2)18(24)22-14-6-9-16(20)17(11-14)23(26)27/h1,4-9,11-12,21H,10H2,2H3,(H,22,24). The van der Waals surface area contributed by atoms with E-state index < -0.39 is 44.4 Å². The molecule has 2 aromatic carbocycles. The number of carbonyl (C=O) groups is 2. The zero-order valence-electron chi connectivity index (χ0n) is 16.0. The molecule has 1 unspecified atom stereocenters. The number of nitro benzene ring substituents is 1. The van der Waals surface area contributed by atoms with Crippen molar-refractivity contribution in [1.82, 2.24) is 4.72 Å². The van der Waals surface area contributed by atoms with Crippen LogP contribution in [0.2, 0.25) is 0 Å². The Balaban J connectivity index is 2.03. The molecule has 0 fully saturated rings. The van der Waals surface area contributed by atoms with E-state index in [9.17, 15) is 32.5 Å². The van der Waals surface area contributed by atoms with Crippen molar-refractivity contribution in [2.75, 3.05) is 11.9 Å². The highest BCUT2D eigenvalue weighted by Gasteiger charge is 2.22. The molecule has 162 valence electrons. The molecule has 10 nitrogen and oxygen atoms in total. The lowest BCUT2D eigenvalue weighted by molar-refractivity contribution is -0.387. The van der Waals surface area contributed by atoms with Crippen molar-refractivity contribution < 1.29 is 32.1 Å². The van der Waals surface area contributed by atoms with Crippen molar-refractivity contribution in [3.63, 3.8) is 0 Å². The molecule has 0 spiro atoms. The van der Waals surface area contributed by atoms with Crippen LogP contribution in [0.4, 0.5) is 15.8 Å². The molecule has 0 radical (unpaired) electrons. The van der Waals surface area contributed by atoms with Crippen LogP contribution in [-0.4, -0.2) is 37.9 Å². The first-order chi connectivity index (χ1) is 14.5. The summed E-state index contributed by atoms with van der Waals surface area (Å²) in [6.07, 6.45) is 3.70. The van der Waals surface area contributed by atoms with E-state index in [1.807, 2.05) is 0 Å². The number of sulfonamides is 1. The molecular formula is C19H16FN3O7S. The third kappa shape index (κ3) is 6.08. The Morgan fingerprint density at radius 2 is 1.90 bits per heavy atom. The Labute approximate surface area is 176 Å². The van der Waals surface area contributed by atoms with Gasteiger partial charge in [-0.25, -0.2) is 13.2 Å². The van der Waals surface area contributed by atoms with Crippen LogP contribution in [0, 0.1) is 28.3 Å². The molecule has 31 heavy (non-hydrogen) atoms. The quantitative estimate of drug-likeness (QED) is 0.271. The van der Waals surface area contributed by atoms with E-state index in [0.29, 0.717) is 0 Å². The van der Waals surface area contributed by atoms with Crippen molar-refractivity contribution in [2.24, 2.45) is 0 Å². The number of nitro groups is 1. The Kier molecular flexibility index (Phi) is 7.41. The number of terminal acetylenes is 1. The number of benzene rings is 2. The number of esters is 1. The van der Waals surface area contributed by atoms with Crippen molar-refractivity contribution in [2.45, 2.75) is 17.9 Å². The molecule has 12 heteroatoms. The van der Waals surface area contributed by atoms with Crippen LogP contribution in [-0.2, 0) is 19.6 Å². The van der Waals surface area contributed by atoms with Crippen molar-refractivity contribution >= 4 is 33.3 Å². The minimum Gasteiger partial charge on any atom is -0.449 e. The van der Waals surface area contributed by atoms with E-state index in [-0.39, 0.29) is 22.7 Å². The second-order valence-electron chi connectivity index (χ2n) is 6.01. The minimum atomic E-state index is -3.83. The van der Waals surface area contributed by atoms with Crippen LogP contribution in [0.1, 0.15) is 17.3 Å². The van der Waals surface area contributed by atoms with E-state index in [4.69, 9.17) is 11.2 Å². The fraction of sp³-hybridized carbons (Fsp3) is 0.158. The molecule has 2 rings (SSSR count). The summed E-state index contributed by atoms with van der Waals surface area (Å²) in [5, 5.41) is 13.0. The van der Waals surface area contributed by atoms with Gasteiger partial charge in [0.05, 0.1) is 21.9 Å². The summed E-state index contributed by atoms with van der Waals surface area (Å²) in [5.74, 6) is -0.659. The molecule has 0 saturated carbocycles. The third-order valence-electron chi connectivity index (χ3n) is 3.83. The normalized spacial score (nSPS) is 11.8. The molecule has 2 N–H and O–H groups in total. The lowest BCUT2D eigenvalue weighted by Crippen LogP contribution is -2.30. The summed E-state index contributed by atoms with van der Waals surface area (Å²) >= 11 is 0. The summed E-state index contributed by atoms with van der Waals surface area (Å²) in [5.41, 5.74) is -0.905. The van der Waals surface area contributed by atoms with Crippen LogP contribution in [0.5, 0.6) is 0 Å². The predicted molar refractivity (Wildman–Crippen MR) is 107 cm³/mol. The smallest absolute Gasteiger partial charge is 0.338 e. The molecule has 0 aliphatic heterocycles. The van der Waals surface area contributed by atoms with Crippen LogP contribution < -0.4 is 10.0 Å². The zero-order valence-corrected chi connectivity index (χ0v) is 16.8. The van der Waals surface area contributed by atoms with Gasteiger partial charge in [-0.1, -0.05) is 5.92 Å². The molecule has 0 heterocycles. The number of nitrogens with zero attached hydrogens (tertiary/aromatic N) is 1. The van der Waals surface area contributed by atoms with Crippen molar-refractivity contribution in [3.05, 3.63) is 64.0 Å². The van der Waals surface area contributed by atoms with E-state index in [2.05, 4.69) is 16.0 Å². The fourth-order valence-electron chi connectivity index (χ4n) is 2.25. The monoisotopic (exact) mass is 449 g/mol. The Hall–Kier alpha value is -3.82. The van der Waals surface area contributed by atoms with Gasteiger partial charge < -0.3 is 10.1 Å². The maximum absolute atomic E-state index is 13.4. The van der Waals surface area contributed by atoms with Gasteiger partial charge in [0.15, 0.2) is 6.10 Å². The number of ether oxygens (including phenoxy) is 1. The molecule has 0 saturated heterocycles. The average molecular weight is 449 g/mol. The number of carbonyl (C=O) groups excluding carboxylic acids is 2. The second-order valence-corrected chi connectivity index (χ2v) is 7.78. The Morgan fingerprint density at radius 3 is 2.48 bits per heavy atom. The van der Waals surface area contributed by atoms with Crippen LogP contribution in [0.15, 0.2) is 47.4 Å². The Morgan fingerprint density at radius 1 is 1.26 bits per heavy atom. The van der Waals surface area contributed by atoms with Crippen LogP contribution in [0.3, 0.4) is 0 Å². The molecule has 0 aromatic heterocycles. The number of halogens is 1. The summed E-state index contributed by atoms with van der Waals surface area (Å²) in [6, 6.07) is 7.48. The first kappa shape index (κ1) is 23.5. The fourth-order valence-corrected chi connectivity index (χ4v) is 3.18. The molecular weight excluding hydrogens is 433 g/mol. The van der Waals surface area contributed by atoms with Crippen LogP contribution in [0.25, 0.3) is 0 Å². The summed E-state index contributed by atoms with van der Waals surface area (Å²) in [7, 11) is -3.83. The summed E-state index contributed by atoms with van der Waals surface area (Å²) < 4.78 is 44.5. The number of hydrogen-bond acceptors (Lipinski definition) is 7. The second kappa shape index (κ2) is 9.79. The molecule has 2 aromatic rings. The highest BCUT2D eigenvalue weighted by atomic mass is 32.2. The molecule has 0 bridgehead atoms. The summed E-state index contributed by atoms with van der Waals surface area (Å²) in [6.45, 7) is 1.06. The van der Waals surface area contributed by atoms with Crippen molar-refractivity contribution in [3.8, 4) is 12.3 Å². The number of amides is 1. The summed E-state index contributed by atoms with van der Waals surface area (Å²) in [4.78, 5) is 34.1. The van der Waals surface area contributed by atoms with Gasteiger partial charge >= 0.3 is 11.7 Å². The number of hydrogen-bond donors (Lipinski definition) is 2. The van der Waals surface area contributed by atoms with Gasteiger partial charge in [0.2, 0.25) is 15.8 Å². The molecule has 0 aliphatic rings. The number of rotatable bonds is 8. The van der Waals surface area contributed by atoms with E-state index in [1.165, 1.54) is 19.1 Å². The van der Waals surface area contributed by atoms with E-state index in [0.717, 1.165) is 30.3 Å². The highest BCUT2D eigenvalue weighted by molar-refractivity contribution is 7.89. The van der Waals surface area contributed by atoms with Gasteiger partial charge in [-0.15, -0.1) is 6.42 Å². The SMILES string of the molecule is C#CCNS(=O)(=O)c1ccc(C(=O)OC(C)C(=O)Nc2ccc(F)c([N+](=O)[O-])c2)cc1. The average Bonchev–Trinajstić information content (AvgIpc) is 2.73. The highest BCUT2D eigenvalue weighted by Crippen LogP contribution is 2.22. The predicted octanol–water partition coefficient (Wildman–Crippen LogP) is 1.83. The first-order valence-electron chi connectivity index (χ1n) is 8.54. The first-order valence-corrected chi connectivity index (χ1v) is 10.0. The van der Waals surface area contributed by atoms with E-state index >= 15 is 0 Å². The largest absolute Gasteiger partial charge is 0.449 e. The zero-order chi connectivity index (χ0) is 23.2. The van der Waals surface area contributed by atoms with Gasteiger partial charge in [0.25, 0.3) is 5.91 Å². The number of anilines is 1. The van der Waals surface area contributed by atoms with Gasteiger partial charge in [-0.05, 0) is 43.3 Å². The lowest BCUT2D eigenvalue weighted by atomic mass is 10.2. The molecule has 0 aliphatic carbocycles. The third-order valence-corrected chi connectivity index (χ3v) is 5.25. The maximum atomic E-state index is 13.4.